The summed E-state index contributed by atoms with van der Waals surface area (Å²) in [6, 6.07) is 0. The van der Waals surface area contributed by atoms with Gasteiger partial charge in [-0.25, -0.2) is 0 Å². The second-order valence-electron chi connectivity index (χ2n) is 18.2. The Morgan fingerprint density at radius 1 is 0.239 bits per heavy atom. The van der Waals surface area contributed by atoms with Crippen LogP contribution in [0.2, 0.25) is 0 Å². The summed E-state index contributed by atoms with van der Waals surface area (Å²) in [4.78, 5) is 30.7. The minimum Gasteiger partial charge on any atom is -1.00 e. The third kappa shape index (κ3) is 105. The zero-order chi connectivity index (χ0) is 44.7. The normalized spacial score (nSPS) is 9.72. The van der Waals surface area contributed by atoms with Crippen molar-refractivity contribution in [2.24, 2.45) is 0 Å². The van der Waals surface area contributed by atoms with Crippen LogP contribution in [0.25, 0.3) is 0 Å². The fourth-order valence-electron chi connectivity index (χ4n) is 7.92. The van der Waals surface area contributed by atoms with Crippen molar-refractivity contribution in [1.29, 1.82) is 0 Å². The molecule has 0 bridgehead atoms. The fraction of sp³-hybridized carbons (Fsp3) is 0.944. The molecule has 0 aliphatic rings. The molecule has 0 spiro atoms. The number of carboxylic acid groups (broad SMARTS) is 3. The molecule has 0 amide bonds. The number of unbranched alkanes of at least 4 members (excludes halogenated alkanes) is 42. The van der Waals surface area contributed by atoms with E-state index >= 15 is 0 Å². The van der Waals surface area contributed by atoms with Crippen molar-refractivity contribution < 1.29 is 51.8 Å². The van der Waals surface area contributed by atoms with Crippen LogP contribution in [0.1, 0.15) is 335 Å². The third-order valence-corrected chi connectivity index (χ3v) is 12.0. The molecule has 0 aliphatic heterocycles. The van der Waals surface area contributed by atoms with E-state index in [1.54, 1.807) is 0 Å². The number of aliphatic carboxylic acids is 3. The number of carbonyl (C=O) groups is 3. The summed E-state index contributed by atoms with van der Waals surface area (Å²) in [6.45, 7) is 6.80. The van der Waals surface area contributed by atoms with Crippen LogP contribution in [0.15, 0.2) is 0 Å². The minimum atomic E-state index is -0.903. The average molecular weight is 1010 g/mol. The Hall–Kier alpha value is 0.887. The molecule has 0 radical (unpaired) electrons. The summed E-state index contributed by atoms with van der Waals surface area (Å²) in [5, 5.41) is 30.7. The Kier molecular flexibility index (Phi) is 117. The van der Waals surface area contributed by atoms with E-state index in [4.69, 9.17) is 0 Å². The minimum absolute atomic E-state index is 0. The van der Waals surface area contributed by atoms with Gasteiger partial charge in [-0.15, -0.1) is 0 Å². The maximum atomic E-state index is 10.2. The largest absolute Gasteiger partial charge is 3.00 e. The molecule has 0 fully saturated rings. The van der Waals surface area contributed by atoms with Crippen molar-refractivity contribution in [3.63, 3.8) is 0 Å². The average Bonchev–Trinajstić information content (AvgIpc) is 3.22. The molecule has 9 nitrogen and oxygen atoms in total. The van der Waals surface area contributed by atoms with Gasteiger partial charge in [-0.05, 0) is 38.5 Å². The first-order valence-corrected chi connectivity index (χ1v) is 26.9. The standard InChI is InChI=1S/3C18H36O2.2Al.2Mg.3H2O.4H/c3*1-2-3-4-5-6-7-8-9-10-11-12-13-14-15-16-17-18(19)20;;;;;;;;;;;/h3*2-17H2,1H3,(H,19,20);;;;;3*1H2;;;;/q;;;2*+3;2*+2;;;;4*-1/p-6. The molecular formula is C54H112Al2Mg2O9. The van der Waals surface area contributed by atoms with Crippen LogP contribution in [-0.4, -0.2) is 115 Å². The van der Waals surface area contributed by atoms with E-state index in [1.807, 2.05) is 0 Å². The Morgan fingerprint density at radius 3 is 0.418 bits per heavy atom. The molecule has 0 aromatic heterocycles. The molecule has 0 atom stereocenters. The second kappa shape index (κ2) is 86.7. The predicted molar refractivity (Wildman–Crippen MR) is 287 cm³/mol. The molecule has 392 valence electrons. The topological polar surface area (TPSA) is 210 Å². The van der Waals surface area contributed by atoms with Crippen molar-refractivity contribution in [1.82, 2.24) is 0 Å². The summed E-state index contributed by atoms with van der Waals surface area (Å²) in [7, 11) is 0. The van der Waals surface area contributed by atoms with Gasteiger partial charge < -0.3 is 51.8 Å². The van der Waals surface area contributed by atoms with Gasteiger partial charge in [-0.3, -0.25) is 0 Å². The number of hydrogen-bond acceptors (Lipinski definition) is 9. The zero-order valence-electron chi connectivity index (χ0n) is 48.8. The van der Waals surface area contributed by atoms with Crippen molar-refractivity contribution in [3.8, 4) is 0 Å². The van der Waals surface area contributed by atoms with Gasteiger partial charge in [-0.2, -0.15) is 0 Å². The van der Waals surface area contributed by atoms with Gasteiger partial charge in [-0.1, -0.05) is 290 Å². The van der Waals surface area contributed by atoms with Gasteiger partial charge in [0.15, 0.2) is 0 Å². The molecule has 0 aliphatic carbocycles. The maximum Gasteiger partial charge on any atom is 3.00 e. The summed E-state index contributed by atoms with van der Waals surface area (Å²) < 4.78 is 0. The summed E-state index contributed by atoms with van der Waals surface area (Å²) in [6.07, 6.45) is 59.6. The molecule has 0 aromatic rings. The molecule has 3 N–H and O–H groups in total. The van der Waals surface area contributed by atoms with Crippen LogP contribution in [0.4, 0.5) is 0 Å². The van der Waals surface area contributed by atoms with Crippen molar-refractivity contribution in [3.05, 3.63) is 0 Å². The van der Waals surface area contributed by atoms with Crippen molar-refractivity contribution >= 4 is 98.7 Å². The Morgan fingerprint density at radius 2 is 0.328 bits per heavy atom. The Balaban J connectivity index is -0.0000000531. The number of carboxylic acids is 3. The van der Waals surface area contributed by atoms with Crippen LogP contribution in [0, 0.1) is 0 Å². The van der Waals surface area contributed by atoms with Crippen LogP contribution >= 0.6 is 0 Å². The van der Waals surface area contributed by atoms with Gasteiger partial charge in [0.2, 0.25) is 0 Å². The van der Waals surface area contributed by atoms with Gasteiger partial charge in [0.05, 0.1) is 0 Å². The summed E-state index contributed by atoms with van der Waals surface area (Å²) >= 11 is 0. The van der Waals surface area contributed by atoms with Crippen LogP contribution in [0.3, 0.4) is 0 Å². The van der Waals surface area contributed by atoms with E-state index in [1.165, 1.54) is 250 Å². The SMILES string of the molecule is CCCCCCCCCCCCCCCCCC(=O)[O-].CCCCCCCCCCCCCCCCCC(=O)[O-].CCCCCCCCCCCCCCCCCC(=O)[O-].[Al+3].[Al+3].[H-].[H-].[H-].[H-].[Mg+2].[Mg+2].[OH-].[OH-].[OH-]. The summed E-state index contributed by atoms with van der Waals surface area (Å²) in [5.74, 6) is -2.71. The van der Waals surface area contributed by atoms with E-state index in [0.29, 0.717) is 0 Å². The smallest absolute Gasteiger partial charge is 1.00 e. The fourth-order valence-corrected chi connectivity index (χ4v) is 7.92. The van der Waals surface area contributed by atoms with E-state index < -0.39 is 17.9 Å². The quantitative estimate of drug-likeness (QED) is 0.0418. The second-order valence-corrected chi connectivity index (χ2v) is 18.2. The number of carbonyl (C=O) groups excluding carboxylic acids is 3. The molecular weight excluding hydrogens is 895 g/mol. The molecule has 13 heteroatoms. The maximum absolute atomic E-state index is 10.2. The predicted octanol–water partition coefficient (Wildman–Crippen LogP) is 13.4. The molecule has 0 aromatic carbocycles. The van der Waals surface area contributed by atoms with E-state index in [-0.39, 0.29) is 122 Å². The molecule has 0 heterocycles. The molecule has 0 saturated heterocycles. The Labute approximate surface area is 476 Å². The molecule has 0 unspecified atom stereocenters. The first-order valence-electron chi connectivity index (χ1n) is 26.9. The number of hydrogen-bond donors (Lipinski definition) is 0. The summed E-state index contributed by atoms with van der Waals surface area (Å²) in [5.41, 5.74) is 0. The van der Waals surface area contributed by atoms with Crippen LogP contribution in [0.5, 0.6) is 0 Å². The van der Waals surface area contributed by atoms with Crippen molar-refractivity contribution in [2.75, 3.05) is 0 Å². The van der Waals surface area contributed by atoms with Crippen molar-refractivity contribution in [2.45, 2.75) is 329 Å². The molecule has 67 heavy (non-hydrogen) atoms. The Bertz CT molecular complexity index is 767. The van der Waals surface area contributed by atoms with Crippen LogP contribution in [-0.2, 0) is 14.4 Å². The van der Waals surface area contributed by atoms with E-state index in [2.05, 4.69) is 20.8 Å². The van der Waals surface area contributed by atoms with E-state index in [9.17, 15) is 29.7 Å². The van der Waals surface area contributed by atoms with Gasteiger partial charge >= 0.3 is 80.8 Å². The van der Waals surface area contributed by atoms with Gasteiger partial charge in [0.1, 0.15) is 0 Å². The van der Waals surface area contributed by atoms with E-state index in [0.717, 1.165) is 38.5 Å². The number of rotatable bonds is 48. The molecule has 0 rings (SSSR count). The van der Waals surface area contributed by atoms with Crippen LogP contribution < -0.4 is 15.3 Å². The third-order valence-electron chi connectivity index (χ3n) is 12.0. The van der Waals surface area contributed by atoms with Gasteiger partial charge in [0, 0.05) is 17.9 Å². The first kappa shape index (κ1) is 90.6. The van der Waals surface area contributed by atoms with Gasteiger partial charge in [0.25, 0.3) is 0 Å². The zero-order valence-corrected chi connectivity index (χ0v) is 49.9. The monoisotopic (exact) mass is 1010 g/mol. The first-order chi connectivity index (χ1) is 29.3. The molecule has 0 saturated carbocycles.